The van der Waals surface area contributed by atoms with Crippen LogP contribution in [0.2, 0.25) is 0 Å². The second-order valence-electron chi connectivity index (χ2n) is 30.8. The number of phosphoric ester groups is 2. The van der Waals surface area contributed by atoms with Crippen LogP contribution in [0.4, 0.5) is 0 Å². The van der Waals surface area contributed by atoms with Gasteiger partial charge in [-0.2, -0.15) is 0 Å². The molecule has 0 aromatic carbocycles. The highest BCUT2D eigenvalue weighted by Crippen LogP contribution is 2.45. The van der Waals surface area contributed by atoms with Crippen LogP contribution in [0, 0.1) is 5.92 Å². The molecule has 0 aliphatic carbocycles. The molecule has 17 nitrogen and oxygen atoms in total. The lowest BCUT2D eigenvalue weighted by Gasteiger charge is -2.21. The Labute approximate surface area is 638 Å². The lowest BCUT2D eigenvalue weighted by atomic mass is 9.99. The minimum absolute atomic E-state index is 0.108. The molecule has 0 spiro atoms. The van der Waals surface area contributed by atoms with Gasteiger partial charge in [-0.1, -0.05) is 407 Å². The summed E-state index contributed by atoms with van der Waals surface area (Å²) in [5.74, 6) is -1.32. The van der Waals surface area contributed by atoms with Gasteiger partial charge in [-0.25, -0.2) is 9.13 Å². The summed E-state index contributed by atoms with van der Waals surface area (Å²) in [5.41, 5.74) is 0. The first-order valence-electron chi connectivity index (χ1n) is 44.2. The molecule has 3 N–H and O–H groups in total. The summed E-state index contributed by atoms with van der Waals surface area (Å²) in [6, 6.07) is 0. The van der Waals surface area contributed by atoms with E-state index in [0.29, 0.717) is 25.7 Å². The predicted molar refractivity (Wildman–Crippen MR) is 428 cm³/mol. The Morgan fingerprint density at radius 1 is 0.269 bits per heavy atom. The van der Waals surface area contributed by atoms with Gasteiger partial charge in [0, 0.05) is 25.7 Å². The van der Waals surface area contributed by atoms with Crippen molar-refractivity contribution in [3.05, 3.63) is 0 Å². The number of unbranched alkanes of at least 4 members (excludes halogenated alkanes) is 56. The van der Waals surface area contributed by atoms with Crippen LogP contribution in [-0.4, -0.2) is 96.7 Å². The Morgan fingerprint density at radius 3 is 0.683 bits per heavy atom. The van der Waals surface area contributed by atoms with E-state index in [1.54, 1.807) is 0 Å². The molecule has 0 aliphatic rings. The van der Waals surface area contributed by atoms with Gasteiger partial charge in [-0.15, -0.1) is 0 Å². The van der Waals surface area contributed by atoms with Gasteiger partial charge in [0.25, 0.3) is 0 Å². The molecular weight excluding hydrogens is 1350 g/mol. The minimum Gasteiger partial charge on any atom is -0.462 e. The Kier molecular flexibility index (Phi) is 76.3. The topological polar surface area (TPSA) is 237 Å². The number of hydrogen-bond acceptors (Lipinski definition) is 15. The molecule has 0 aromatic heterocycles. The molecule has 0 rings (SSSR count). The van der Waals surface area contributed by atoms with Gasteiger partial charge in [0.1, 0.15) is 19.3 Å². The van der Waals surface area contributed by atoms with Crippen molar-refractivity contribution in [2.45, 2.75) is 477 Å². The number of carbonyl (C=O) groups excluding carboxylic acids is 4. The van der Waals surface area contributed by atoms with E-state index in [-0.39, 0.29) is 25.7 Å². The SMILES string of the molecule is CCCCCCCCCCCCCCCCCCCCCC(=O)OC[C@H](COP(=O)(O)OC[C@@H](O)COP(=O)(O)OC[C@@H](COC(=O)CCCCCCCCCCC(C)CC)OC(=O)CCCCCCCCCCCCCCCC)OC(=O)CCCCCCCCCCCCCCCCCCCCC. The summed E-state index contributed by atoms with van der Waals surface area (Å²) < 4.78 is 68.9. The fraction of sp³-hybridized carbons (Fsp3) is 0.953. The zero-order chi connectivity index (χ0) is 76.2. The summed E-state index contributed by atoms with van der Waals surface area (Å²) in [6.45, 7) is 7.36. The zero-order valence-corrected chi connectivity index (χ0v) is 70.0. The fourth-order valence-electron chi connectivity index (χ4n) is 13.3. The average molecular weight is 1520 g/mol. The van der Waals surface area contributed by atoms with Gasteiger partial charge in [0.2, 0.25) is 0 Å². The first kappa shape index (κ1) is 102. The van der Waals surface area contributed by atoms with Crippen molar-refractivity contribution in [3.8, 4) is 0 Å². The first-order chi connectivity index (χ1) is 50.6. The lowest BCUT2D eigenvalue weighted by molar-refractivity contribution is -0.161. The number of hydrogen-bond donors (Lipinski definition) is 3. The molecule has 0 saturated carbocycles. The third-order valence-electron chi connectivity index (χ3n) is 20.4. The van der Waals surface area contributed by atoms with E-state index in [1.165, 1.54) is 283 Å². The Morgan fingerprint density at radius 2 is 0.462 bits per heavy atom. The number of aliphatic hydroxyl groups is 1. The number of ether oxygens (including phenoxy) is 4. The van der Waals surface area contributed by atoms with Crippen molar-refractivity contribution in [2.24, 2.45) is 5.92 Å². The maximum absolute atomic E-state index is 13.1. The van der Waals surface area contributed by atoms with Crippen LogP contribution < -0.4 is 0 Å². The number of carbonyl (C=O) groups is 4. The third kappa shape index (κ3) is 76.8. The second-order valence-corrected chi connectivity index (χ2v) is 33.7. The monoisotopic (exact) mass is 1520 g/mol. The highest BCUT2D eigenvalue weighted by molar-refractivity contribution is 7.47. The number of aliphatic hydroxyl groups excluding tert-OH is 1. The molecule has 618 valence electrons. The van der Waals surface area contributed by atoms with Crippen LogP contribution in [0.3, 0.4) is 0 Å². The molecular formula is C85H166O17P2. The predicted octanol–water partition coefficient (Wildman–Crippen LogP) is 26.0. The molecule has 0 bridgehead atoms. The number of esters is 4. The minimum atomic E-state index is -4.96. The van der Waals surface area contributed by atoms with Gasteiger partial charge < -0.3 is 33.8 Å². The van der Waals surface area contributed by atoms with E-state index in [0.717, 1.165) is 95.8 Å². The second kappa shape index (κ2) is 77.8. The van der Waals surface area contributed by atoms with E-state index in [9.17, 15) is 43.2 Å². The van der Waals surface area contributed by atoms with Crippen molar-refractivity contribution >= 4 is 39.5 Å². The van der Waals surface area contributed by atoms with Crippen LogP contribution >= 0.6 is 15.6 Å². The van der Waals surface area contributed by atoms with Gasteiger partial charge in [0.15, 0.2) is 12.2 Å². The molecule has 6 atom stereocenters. The molecule has 104 heavy (non-hydrogen) atoms. The fourth-order valence-corrected chi connectivity index (χ4v) is 14.8. The van der Waals surface area contributed by atoms with Gasteiger partial charge in [-0.3, -0.25) is 37.3 Å². The summed E-state index contributed by atoms with van der Waals surface area (Å²) in [4.78, 5) is 73.2. The van der Waals surface area contributed by atoms with Crippen LogP contribution in [0.5, 0.6) is 0 Å². The van der Waals surface area contributed by atoms with Crippen molar-refractivity contribution in [2.75, 3.05) is 39.6 Å². The quantitative estimate of drug-likeness (QED) is 0.0222. The molecule has 0 aliphatic heterocycles. The van der Waals surface area contributed by atoms with Crippen molar-refractivity contribution in [1.82, 2.24) is 0 Å². The van der Waals surface area contributed by atoms with Gasteiger partial charge in [0.05, 0.1) is 26.4 Å². The maximum Gasteiger partial charge on any atom is 0.472 e. The molecule has 0 amide bonds. The summed E-state index contributed by atoms with van der Waals surface area (Å²) in [5, 5.41) is 10.7. The zero-order valence-electron chi connectivity index (χ0n) is 68.2. The maximum atomic E-state index is 13.1. The van der Waals surface area contributed by atoms with E-state index in [1.807, 2.05) is 0 Å². The number of rotatable bonds is 85. The Hall–Kier alpha value is -1.94. The normalized spacial score (nSPS) is 14.0. The summed E-state index contributed by atoms with van der Waals surface area (Å²) >= 11 is 0. The van der Waals surface area contributed by atoms with Gasteiger partial charge in [-0.05, 0) is 31.6 Å². The van der Waals surface area contributed by atoms with Crippen LogP contribution in [0.15, 0.2) is 0 Å². The summed E-state index contributed by atoms with van der Waals surface area (Å²) in [6.07, 6.45) is 70.7. The van der Waals surface area contributed by atoms with E-state index in [2.05, 4.69) is 34.6 Å². The average Bonchev–Trinajstić information content (AvgIpc) is 0.915. The van der Waals surface area contributed by atoms with E-state index in [4.69, 9.17) is 37.0 Å². The largest absolute Gasteiger partial charge is 0.472 e. The van der Waals surface area contributed by atoms with Crippen LogP contribution in [0.25, 0.3) is 0 Å². The highest BCUT2D eigenvalue weighted by atomic mass is 31.2. The highest BCUT2D eigenvalue weighted by Gasteiger charge is 2.30. The molecule has 19 heteroatoms. The summed E-state index contributed by atoms with van der Waals surface area (Å²) in [7, 11) is -9.93. The van der Waals surface area contributed by atoms with E-state index >= 15 is 0 Å². The molecule has 0 saturated heterocycles. The van der Waals surface area contributed by atoms with Crippen molar-refractivity contribution in [3.63, 3.8) is 0 Å². The third-order valence-corrected chi connectivity index (χ3v) is 22.3. The van der Waals surface area contributed by atoms with Crippen molar-refractivity contribution in [1.29, 1.82) is 0 Å². The smallest absolute Gasteiger partial charge is 0.462 e. The van der Waals surface area contributed by atoms with E-state index < -0.39 is 97.5 Å². The molecule has 0 fully saturated rings. The Bertz CT molecular complexity index is 1980. The Balaban J connectivity index is 5.25. The van der Waals surface area contributed by atoms with Gasteiger partial charge >= 0.3 is 39.5 Å². The van der Waals surface area contributed by atoms with Crippen LogP contribution in [-0.2, 0) is 65.4 Å². The number of phosphoric acid groups is 2. The standard InChI is InChI=1S/C85H166O17P2/c1-6-10-13-16-19-22-25-28-31-33-35-37-39-42-44-47-53-58-63-68-82(87)95-74-80(101-85(90)71-66-61-56-49-46-43-40-38-36-34-32-29-26-23-20-17-14-11-7-2)76-99-103(91,92)97-72-79(86)73-98-104(93,94)100-77-81(75-96-83(88)69-64-59-54-51-50-52-57-62-67-78(5)9-4)102-84(89)70-65-60-55-48-45-41-30-27-24-21-18-15-12-8-3/h78-81,86H,6-77H2,1-5H3,(H,91,92)(H,93,94)/t78?,79-,80-,81-/m1/s1. The van der Waals surface area contributed by atoms with Crippen LogP contribution in [0.1, 0.15) is 458 Å². The molecule has 3 unspecified atom stereocenters. The molecule has 0 aromatic rings. The lowest BCUT2D eigenvalue weighted by Crippen LogP contribution is -2.30. The first-order valence-corrected chi connectivity index (χ1v) is 47.2. The molecule has 0 heterocycles. The van der Waals surface area contributed by atoms with Crippen molar-refractivity contribution < 1.29 is 80.2 Å². The molecule has 0 radical (unpaired) electrons.